The van der Waals surface area contributed by atoms with Crippen molar-refractivity contribution < 1.29 is 14.3 Å². The summed E-state index contributed by atoms with van der Waals surface area (Å²) in [5, 5.41) is 17.2. The molecule has 1 heterocycles. The Hall–Kier alpha value is -2.02. The Balaban J connectivity index is 1.71. The van der Waals surface area contributed by atoms with Gasteiger partial charge in [0.1, 0.15) is 18.5 Å². The van der Waals surface area contributed by atoms with Gasteiger partial charge in [0.25, 0.3) is 0 Å². The number of aliphatic imine (C=N–C) groups is 1. The average Bonchev–Trinajstić information content (AvgIpc) is 3.16. The highest BCUT2D eigenvalue weighted by Gasteiger charge is 2.10. The molecule has 0 radical (unpaired) electrons. The second-order valence-corrected chi connectivity index (χ2v) is 6.08. The van der Waals surface area contributed by atoms with Crippen LogP contribution in [0.2, 0.25) is 5.02 Å². The third kappa shape index (κ3) is 7.07. The maximum Gasteiger partial charge on any atom is 0.191 e. The van der Waals surface area contributed by atoms with E-state index < -0.39 is 6.10 Å². The predicted molar refractivity (Wildman–Crippen MR) is 103 cm³/mol. The van der Waals surface area contributed by atoms with E-state index in [4.69, 9.17) is 20.8 Å². The number of hydrogen-bond donors (Lipinski definition) is 3. The molecule has 1 aromatic heterocycles. The Labute approximate surface area is 159 Å². The molecular weight excluding hydrogens is 354 g/mol. The van der Waals surface area contributed by atoms with Crippen LogP contribution in [0.3, 0.4) is 0 Å². The fourth-order valence-electron chi connectivity index (χ4n) is 2.31. The van der Waals surface area contributed by atoms with Crippen LogP contribution in [0.4, 0.5) is 0 Å². The molecule has 0 spiro atoms. The van der Waals surface area contributed by atoms with Gasteiger partial charge in [-0.3, -0.25) is 4.99 Å². The smallest absolute Gasteiger partial charge is 0.191 e. The van der Waals surface area contributed by atoms with Crippen LogP contribution in [-0.4, -0.2) is 37.3 Å². The molecule has 0 saturated heterocycles. The zero-order valence-electron chi connectivity index (χ0n) is 15.0. The molecule has 0 aliphatic carbocycles. The molecule has 1 atom stereocenters. The standard InChI is InChI=1S/C19H26ClN3O3/c1-2-21-19(22-10-6-11-25-14-15-7-5-12-26-15)23-13-18(24)16-8-3-4-9-17(16)20/h3-5,7-9,12,18,24H,2,6,10-11,13-14H2,1H3,(H2,21,22,23). The number of rotatable bonds is 10. The van der Waals surface area contributed by atoms with E-state index in [1.165, 1.54) is 0 Å². The molecule has 0 fully saturated rings. The molecule has 0 aliphatic rings. The molecule has 26 heavy (non-hydrogen) atoms. The third-order valence-corrected chi connectivity index (χ3v) is 3.96. The van der Waals surface area contributed by atoms with Crippen LogP contribution in [0, 0.1) is 0 Å². The lowest BCUT2D eigenvalue weighted by Crippen LogP contribution is -2.38. The van der Waals surface area contributed by atoms with E-state index in [1.807, 2.05) is 31.2 Å². The van der Waals surface area contributed by atoms with Crippen molar-refractivity contribution in [1.82, 2.24) is 10.6 Å². The lowest BCUT2D eigenvalue weighted by Gasteiger charge is -2.14. The SMILES string of the molecule is CCNC(=NCC(O)c1ccccc1Cl)NCCCOCc1ccco1. The quantitative estimate of drug-likeness (QED) is 0.336. The van der Waals surface area contributed by atoms with Crippen LogP contribution >= 0.6 is 11.6 Å². The normalized spacial score (nSPS) is 12.8. The predicted octanol–water partition coefficient (Wildman–Crippen LogP) is 3.13. The van der Waals surface area contributed by atoms with Crippen molar-refractivity contribution in [3.63, 3.8) is 0 Å². The van der Waals surface area contributed by atoms with E-state index in [0.717, 1.165) is 18.7 Å². The van der Waals surface area contributed by atoms with Crippen LogP contribution in [0.15, 0.2) is 52.1 Å². The van der Waals surface area contributed by atoms with Crippen molar-refractivity contribution in [3.05, 3.63) is 59.0 Å². The van der Waals surface area contributed by atoms with Gasteiger partial charge in [-0.2, -0.15) is 0 Å². The molecule has 1 unspecified atom stereocenters. The summed E-state index contributed by atoms with van der Waals surface area (Å²) in [7, 11) is 0. The van der Waals surface area contributed by atoms with E-state index in [-0.39, 0.29) is 6.54 Å². The summed E-state index contributed by atoms with van der Waals surface area (Å²) >= 11 is 6.10. The zero-order valence-corrected chi connectivity index (χ0v) is 15.7. The molecule has 142 valence electrons. The number of aliphatic hydroxyl groups excluding tert-OH is 1. The Morgan fingerprint density at radius 1 is 1.27 bits per heavy atom. The van der Waals surface area contributed by atoms with Crippen molar-refractivity contribution >= 4 is 17.6 Å². The number of furan rings is 1. The number of halogens is 1. The Kier molecular flexibility index (Phi) is 9.03. The molecule has 0 aliphatic heterocycles. The van der Waals surface area contributed by atoms with Crippen molar-refractivity contribution in [3.8, 4) is 0 Å². The minimum atomic E-state index is -0.740. The highest BCUT2D eigenvalue weighted by atomic mass is 35.5. The maximum atomic E-state index is 10.3. The number of aliphatic hydroxyl groups is 1. The van der Waals surface area contributed by atoms with Crippen molar-refractivity contribution in [1.29, 1.82) is 0 Å². The van der Waals surface area contributed by atoms with E-state index in [2.05, 4.69) is 15.6 Å². The highest BCUT2D eigenvalue weighted by molar-refractivity contribution is 6.31. The fourth-order valence-corrected chi connectivity index (χ4v) is 2.57. The summed E-state index contributed by atoms with van der Waals surface area (Å²) in [5.41, 5.74) is 0.681. The van der Waals surface area contributed by atoms with E-state index in [9.17, 15) is 5.11 Å². The van der Waals surface area contributed by atoms with E-state index >= 15 is 0 Å². The number of guanidine groups is 1. The van der Waals surface area contributed by atoms with Gasteiger partial charge < -0.3 is 24.9 Å². The molecule has 3 N–H and O–H groups in total. The van der Waals surface area contributed by atoms with Crippen LogP contribution in [0.25, 0.3) is 0 Å². The minimum Gasteiger partial charge on any atom is -0.467 e. The van der Waals surface area contributed by atoms with Crippen LogP contribution < -0.4 is 10.6 Å². The topological polar surface area (TPSA) is 79.0 Å². The lowest BCUT2D eigenvalue weighted by atomic mass is 10.1. The second kappa shape index (κ2) is 11.6. The Bertz CT molecular complexity index is 662. The van der Waals surface area contributed by atoms with Gasteiger partial charge in [-0.25, -0.2) is 0 Å². The van der Waals surface area contributed by atoms with Gasteiger partial charge in [-0.05, 0) is 31.5 Å². The lowest BCUT2D eigenvalue weighted by molar-refractivity contribution is 0.105. The molecule has 6 nitrogen and oxygen atoms in total. The summed E-state index contributed by atoms with van der Waals surface area (Å²) < 4.78 is 10.7. The highest BCUT2D eigenvalue weighted by Crippen LogP contribution is 2.22. The number of nitrogens with zero attached hydrogens (tertiary/aromatic N) is 1. The number of hydrogen-bond acceptors (Lipinski definition) is 4. The Morgan fingerprint density at radius 3 is 2.85 bits per heavy atom. The Morgan fingerprint density at radius 2 is 2.12 bits per heavy atom. The number of ether oxygens (including phenoxy) is 1. The second-order valence-electron chi connectivity index (χ2n) is 5.67. The third-order valence-electron chi connectivity index (χ3n) is 3.61. The first-order valence-corrected chi connectivity index (χ1v) is 9.13. The molecule has 0 amide bonds. The molecular formula is C19H26ClN3O3. The van der Waals surface area contributed by atoms with Gasteiger partial charge in [0.2, 0.25) is 0 Å². The van der Waals surface area contributed by atoms with Gasteiger partial charge in [0.05, 0.1) is 12.8 Å². The van der Waals surface area contributed by atoms with E-state index in [0.29, 0.717) is 36.3 Å². The van der Waals surface area contributed by atoms with Gasteiger partial charge >= 0.3 is 0 Å². The molecule has 0 saturated carbocycles. The first-order valence-electron chi connectivity index (χ1n) is 8.75. The monoisotopic (exact) mass is 379 g/mol. The van der Waals surface area contributed by atoms with Gasteiger partial charge in [-0.15, -0.1) is 0 Å². The average molecular weight is 380 g/mol. The largest absolute Gasteiger partial charge is 0.467 e. The molecule has 7 heteroatoms. The minimum absolute atomic E-state index is 0.230. The summed E-state index contributed by atoms with van der Waals surface area (Å²) in [4.78, 5) is 4.42. The van der Waals surface area contributed by atoms with Gasteiger partial charge in [0, 0.05) is 30.3 Å². The molecule has 2 rings (SSSR count). The molecule has 0 bridgehead atoms. The maximum absolute atomic E-state index is 10.3. The summed E-state index contributed by atoms with van der Waals surface area (Å²) in [6.45, 7) is 4.78. The summed E-state index contributed by atoms with van der Waals surface area (Å²) in [6, 6.07) is 11.0. The first kappa shape index (κ1) is 20.3. The molecule has 2 aromatic rings. The zero-order chi connectivity index (χ0) is 18.6. The van der Waals surface area contributed by atoms with Crippen LogP contribution in [0.1, 0.15) is 30.8 Å². The number of nitrogens with one attached hydrogen (secondary N) is 2. The van der Waals surface area contributed by atoms with Crippen LogP contribution in [-0.2, 0) is 11.3 Å². The first-order chi connectivity index (χ1) is 12.7. The van der Waals surface area contributed by atoms with E-state index in [1.54, 1.807) is 18.4 Å². The fraction of sp³-hybridized carbons (Fsp3) is 0.421. The van der Waals surface area contributed by atoms with Crippen molar-refractivity contribution in [2.75, 3.05) is 26.2 Å². The van der Waals surface area contributed by atoms with Crippen molar-refractivity contribution in [2.45, 2.75) is 26.1 Å². The summed E-state index contributed by atoms with van der Waals surface area (Å²) in [6.07, 6.45) is 1.73. The molecule has 1 aromatic carbocycles. The number of benzene rings is 1. The van der Waals surface area contributed by atoms with Gasteiger partial charge in [0.15, 0.2) is 5.96 Å². The van der Waals surface area contributed by atoms with Crippen LogP contribution in [0.5, 0.6) is 0 Å². The summed E-state index contributed by atoms with van der Waals surface area (Å²) in [5.74, 6) is 1.48. The van der Waals surface area contributed by atoms with Crippen molar-refractivity contribution in [2.24, 2.45) is 4.99 Å². The van der Waals surface area contributed by atoms with Gasteiger partial charge in [-0.1, -0.05) is 29.8 Å².